The van der Waals surface area contributed by atoms with E-state index in [-0.39, 0.29) is 11.2 Å². The second-order valence-electron chi connectivity index (χ2n) is 8.48. The van der Waals surface area contributed by atoms with Crippen molar-refractivity contribution in [3.63, 3.8) is 0 Å². The van der Waals surface area contributed by atoms with Crippen molar-refractivity contribution in [3.05, 3.63) is 50.2 Å². The van der Waals surface area contributed by atoms with E-state index in [0.29, 0.717) is 12.0 Å². The van der Waals surface area contributed by atoms with Gasteiger partial charge in [-0.15, -0.1) is 0 Å². The first kappa shape index (κ1) is 18.1. The van der Waals surface area contributed by atoms with E-state index in [0.717, 1.165) is 40.7 Å². The lowest BCUT2D eigenvalue weighted by atomic mass is 9.93. The monoisotopic (exact) mass is 449 g/mol. The van der Waals surface area contributed by atoms with Crippen LogP contribution in [0.15, 0.2) is 22.7 Å². The van der Waals surface area contributed by atoms with Gasteiger partial charge in [0.1, 0.15) is 5.82 Å². The van der Waals surface area contributed by atoms with E-state index in [9.17, 15) is 4.39 Å². The van der Waals surface area contributed by atoms with Gasteiger partial charge in [-0.2, -0.15) is 0 Å². The van der Waals surface area contributed by atoms with Gasteiger partial charge in [0, 0.05) is 59.8 Å². The van der Waals surface area contributed by atoms with Gasteiger partial charge < -0.3 is 14.5 Å². The molecule has 5 rings (SSSR count). The third kappa shape index (κ3) is 2.78. The number of halogens is 2. The number of imidazole rings is 1. The van der Waals surface area contributed by atoms with E-state index in [2.05, 4.69) is 37.4 Å². The van der Waals surface area contributed by atoms with Crippen molar-refractivity contribution >= 4 is 28.1 Å². The molecule has 1 aliphatic heterocycles. The molecule has 0 bridgehead atoms. The zero-order chi connectivity index (χ0) is 18.8. The Bertz CT molecular complexity index is 959. The van der Waals surface area contributed by atoms with Crippen molar-refractivity contribution < 1.29 is 4.39 Å². The van der Waals surface area contributed by atoms with Gasteiger partial charge in [-0.3, -0.25) is 0 Å². The highest BCUT2D eigenvalue weighted by molar-refractivity contribution is 9.10. The van der Waals surface area contributed by atoms with Gasteiger partial charge in [-0.1, -0.05) is 28.8 Å². The van der Waals surface area contributed by atoms with Crippen LogP contribution in [0.2, 0.25) is 0 Å². The highest BCUT2D eigenvalue weighted by Crippen LogP contribution is 2.66. The zero-order valence-electron chi connectivity index (χ0n) is 15.6. The number of aromatic nitrogens is 2. The summed E-state index contributed by atoms with van der Waals surface area (Å²) in [5.41, 5.74) is 3.44. The normalized spacial score (nSPS) is 26.4. The third-order valence-electron chi connectivity index (χ3n) is 6.97. The second-order valence-corrected chi connectivity index (χ2v) is 9.76. The highest BCUT2D eigenvalue weighted by Gasteiger charge is 2.63. The summed E-state index contributed by atoms with van der Waals surface area (Å²) in [5, 5.41) is 3.72. The van der Waals surface area contributed by atoms with Crippen LogP contribution in [-0.4, -0.2) is 21.7 Å². The molecule has 144 valence electrons. The lowest BCUT2D eigenvalue weighted by molar-refractivity contribution is 0.519. The first-order valence-electron chi connectivity index (χ1n) is 9.98. The van der Waals surface area contributed by atoms with Crippen LogP contribution in [0.4, 0.5) is 4.39 Å². The van der Waals surface area contributed by atoms with E-state index in [1.807, 2.05) is 6.07 Å². The van der Waals surface area contributed by atoms with E-state index in [1.165, 1.54) is 37.1 Å². The number of nitrogens with zero attached hydrogens (tertiary/aromatic N) is 2. The fraction of sp³-hybridized carbons (Fsp3) is 0.571. The Labute approximate surface area is 173 Å². The topological polar surface area (TPSA) is 21.9 Å². The van der Waals surface area contributed by atoms with Crippen LogP contribution in [0.5, 0.6) is 0 Å². The van der Waals surface area contributed by atoms with Crippen LogP contribution in [0, 0.1) is 10.6 Å². The van der Waals surface area contributed by atoms with Crippen LogP contribution in [0.3, 0.4) is 0 Å². The molecule has 2 heterocycles. The highest BCUT2D eigenvalue weighted by atomic mass is 79.9. The van der Waals surface area contributed by atoms with E-state index < -0.39 is 0 Å². The van der Waals surface area contributed by atoms with Gasteiger partial charge in [0.25, 0.3) is 0 Å². The quantitative estimate of drug-likeness (QED) is 0.650. The van der Waals surface area contributed by atoms with Crippen molar-refractivity contribution in [2.75, 3.05) is 6.54 Å². The van der Waals surface area contributed by atoms with Crippen LogP contribution < -0.4 is 5.32 Å². The van der Waals surface area contributed by atoms with Gasteiger partial charge in [0.15, 0.2) is 4.77 Å². The summed E-state index contributed by atoms with van der Waals surface area (Å²) in [6.45, 7) is 1.80. The maximum Gasteiger partial charge on any atom is 0.180 e. The molecule has 0 saturated heterocycles. The van der Waals surface area contributed by atoms with Gasteiger partial charge in [0.05, 0.1) is 0 Å². The molecular formula is C21H25BrFN3S. The Balaban J connectivity index is 1.42. The Morgan fingerprint density at radius 2 is 2.11 bits per heavy atom. The molecule has 0 radical (unpaired) electrons. The smallest absolute Gasteiger partial charge is 0.180 e. The van der Waals surface area contributed by atoms with Crippen LogP contribution >= 0.6 is 28.1 Å². The SMILES string of the molecule is Cn1c(CCNC2CCCC2)c2n(c1=S)C[C@@]1(c3cc(Br)ccc3F)CC21. The molecule has 6 heteroatoms. The summed E-state index contributed by atoms with van der Waals surface area (Å²) in [7, 11) is 2.09. The molecule has 3 nitrogen and oxygen atoms in total. The number of fused-ring (bicyclic) bond motifs is 3. The molecule has 0 spiro atoms. The minimum atomic E-state index is -0.0986. The summed E-state index contributed by atoms with van der Waals surface area (Å²) >= 11 is 9.25. The molecule has 1 unspecified atom stereocenters. The molecule has 2 fully saturated rings. The molecule has 0 amide bonds. The van der Waals surface area contributed by atoms with Crippen LogP contribution in [0.1, 0.15) is 55.0 Å². The van der Waals surface area contributed by atoms with Crippen molar-refractivity contribution in [1.29, 1.82) is 0 Å². The average Bonchev–Trinajstić information content (AvgIpc) is 2.97. The molecule has 1 aromatic carbocycles. The third-order valence-corrected chi connectivity index (χ3v) is 7.96. The maximum atomic E-state index is 14.6. The van der Waals surface area contributed by atoms with E-state index in [4.69, 9.17) is 12.2 Å². The molecule has 1 aromatic heterocycles. The van der Waals surface area contributed by atoms with Gasteiger partial charge in [-0.25, -0.2) is 4.39 Å². The zero-order valence-corrected chi connectivity index (χ0v) is 18.0. The first-order chi connectivity index (χ1) is 13.0. The van der Waals surface area contributed by atoms with Crippen LogP contribution in [0.25, 0.3) is 0 Å². The van der Waals surface area contributed by atoms with Gasteiger partial charge >= 0.3 is 0 Å². The van der Waals surface area contributed by atoms with Gasteiger partial charge in [-0.05, 0) is 55.2 Å². The Kier molecular flexibility index (Phi) is 4.37. The predicted octanol–water partition coefficient (Wildman–Crippen LogP) is 4.97. The Morgan fingerprint density at radius 3 is 2.89 bits per heavy atom. The number of benzene rings is 1. The lowest BCUT2D eigenvalue weighted by Gasteiger charge is -2.15. The fourth-order valence-electron chi connectivity index (χ4n) is 5.47. The van der Waals surface area contributed by atoms with Crippen molar-refractivity contribution in [2.45, 2.75) is 62.4 Å². The minimum absolute atomic E-state index is 0.0915. The number of hydrogen-bond donors (Lipinski definition) is 1. The molecule has 2 saturated carbocycles. The molecule has 2 aromatic rings. The Hall–Kier alpha value is -0.980. The first-order valence-corrected chi connectivity index (χ1v) is 11.2. The number of rotatable bonds is 5. The summed E-state index contributed by atoms with van der Waals surface area (Å²) in [4.78, 5) is 0. The maximum absolute atomic E-state index is 14.6. The van der Waals surface area contributed by atoms with E-state index >= 15 is 0 Å². The fourth-order valence-corrected chi connectivity index (χ4v) is 6.11. The number of hydrogen-bond acceptors (Lipinski definition) is 2. The summed E-state index contributed by atoms with van der Waals surface area (Å²) in [6.07, 6.45) is 7.34. The standard InChI is InChI=1S/C21H25BrFN3S/c1-25-18(8-9-24-14-4-2-3-5-14)19-16-11-21(16,12-26(19)20(25)27)15-10-13(22)6-7-17(15)23/h6-7,10,14,16,24H,2-5,8-9,11-12H2,1H3/t16?,21-/m1/s1. The number of nitrogens with one attached hydrogen (secondary N) is 1. The largest absolute Gasteiger partial charge is 0.324 e. The molecule has 2 aliphatic carbocycles. The molecule has 2 atom stereocenters. The molecule has 3 aliphatic rings. The summed E-state index contributed by atoms with van der Waals surface area (Å²) in [6, 6.07) is 6.01. The minimum Gasteiger partial charge on any atom is -0.324 e. The van der Waals surface area contributed by atoms with Crippen molar-refractivity contribution in [3.8, 4) is 0 Å². The molecule has 1 N–H and O–H groups in total. The van der Waals surface area contributed by atoms with Crippen molar-refractivity contribution in [2.24, 2.45) is 7.05 Å². The predicted molar refractivity (Wildman–Crippen MR) is 111 cm³/mol. The van der Waals surface area contributed by atoms with E-state index in [1.54, 1.807) is 12.1 Å². The lowest BCUT2D eigenvalue weighted by Crippen LogP contribution is -2.28. The average molecular weight is 450 g/mol. The molecule has 27 heavy (non-hydrogen) atoms. The van der Waals surface area contributed by atoms with Crippen molar-refractivity contribution in [1.82, 2.24) is 14.5 Å². The summed E-state index contributed by atoms with van der Waals surface area (Å²) in [5.74, 6) is 0.303. The Morgan fingerprint density at radius 1 is 1.33 bits per heavy atom. The second kappa shape index (κ2) is 6.53. The van der Waals surface area contributed by atoms with Gasteiger partial charge in [0.2, 0.25) is 0 Å². The van der Waals surface area contributed by atoms with Crippen LogP contribution in [-0.2, 0) is 25.4 Å². The molecular weight excluding hydrogens is 425 g/mol. The summed E-state index contributed by atoms with van der Waals surface area (Å²) < 4.78 is 20.9.